The van der Waals surface area contributed by atoms with E-state index in [9.17, 15) is 9.59 Å². The first-order chi connectivity index (χ1) is 15.0. The molecule has 2 N–H and O–H groups in total. The summed E-state index contributed by atoms with van der Waals surface area (Å²) in [5.74, 6) is 0.777. The third kappa shape index (κ3) is 6.43. The maximum Gasteiger partial charge on any atom is 0.243 e. The van der Waals surface area contributed by atoms with E-state index in [0.29, 0.717) is 25.5 Å². The summed E-state index contributed by atoms with van der Waals surface area (Å²) in [4.78, 5) is 32.3. The molecule has 31 heavy (non-hydrogen) atoms. The summed E-state index contributed by atoms with van der Waals surface area (Å²) in [6, 6.07) is 10.1. The highest BCUT2D eigenvalue weighted by atomic mass is 16.5. The smallest absolute Gasteiger partial charge is 0.243 e. The SMILES string of the molecule is CN(C)C(=O)CN=C(NCC1CCCCO1)NCC1CC(=O)N(C)C1c1ccccc1. The second-order valence-electron chi connectivity index (χ2n) is 8.53. The van der Waals surface area contributed by atoms with Crippen molar-refractivity contribution in [2.24, 2.45) is 10.9 Å². The van der Waals surface area contributed by atoms with Crippen molar-refractivity contribution < 1.29 is 14.3 Å². The molecular formula is C23H35N5O3. The first-order valence-electron chi connectivity index (χ1n) is 11.1. The number of guanidine groups is 1. The molecule has 0 spiro atoms. The Morgan fingerprint density at radius 2 is 1.94 bits per heavy atom. The number of carbonyl (C=O) groups excluding carboxylic acids is 2. The van der Waals surface area contributed by atoms with Gasteiger partial charge in [-0.2, -0.15) is 0 Å². The first-order valence-corrected chi connectivity index (χ1v) is 11.1. The largest absolute Gasteiger partial charge is 0.376 e. The molecule has 0 aliphatic carbocycles. The van der Waals surface area contributed by atoms with Gasteiger partial charge >= 0.3 is 0 Å². The van der Waals surface area contributed by atoms with Crippen molar-refractivity contribution in [3.05, 3.63) is 35.9 Å². The second-order valence-corrected chi connectivity index (χ2v) is 8.53. The van der Waals surface area contributed by atoms with Gasteiger partial charge in [-0.1, -0.05) is 30.3 Å². The zero-order valence-electron chi connectivity index (χ0n) is 18.8. The van der Waals surface area contributed by atoms with Gasteiger partial charge in [-0.05, 0) is 24.8 Å². The van der Waals surface area contributed by atoms with Gasteiger partial charge in [-0.3, -0.25) is 9.59 Å². The van der Waals surface area contributed by atoms with Gasteiger partial charge < -0.3 is 25.2 Å². The third-order valence-corrected chi connectivity index (χ3v) is 6.01. The minimum Gasteiger partial charge on any atom is -0.376 e. The van der Waals surface area contributed by atoms with Crippen LogP contribution in [0.25, 0.3) is 0 Å². The van der Waals surface area contributed by atoms with Crippen LogP contribution in [0.15, 0.2) is 35.3 Å². The number of nitrogens with one attached hydrogen (secondary N) is 2. The van der Waals surface area contributed by atoms with Crippen molar-refractivity contribution in [3.8, 4) is 0 Å². The number of aliphatic imine (C=N–C) groups is 1. The fourth-order valence-corrected chi connectivity index (χ4v) is 4.15. The lowest BCUT2D eigenvalue weighted by Gasteiger charge is -2.27. The molecule has 2 aliphatic heterocycles. The molecule has 3 unspecified atom stereocenters. The molecule has 2 heterocycles. The molecule has 170 valence electrons. The van der Waals surface area contributed by atoms with E-state index in [0.717, 1.165) is 25.0 Å². The molecule has 8 heteroatoms. The molecule has 2 aliphatic rings. The van der Waals surface area contributed by atoms with Crippen LogP contribution in [-0.4, -0.2) is 81.1 Å². The Morgan fingerprint density at radius 1 is 1.19 bits per heavy atom. The van der Waals surface area contributed by atoms with Crippen LogP contribution in [0.1, 0.15) is 37.3 Å². The van der Waals surface area contributed by atoms with Crippen LogP contribution >= 0.6 is 0 Å². The van der Waals surface area contributed by atoms with Crippen molar-refractivity contribution in [1.82, 2.24) is 20.4 Å². The topological polar surface area (TPSA) is 86.3 Å². The average molecular weight is 430 g/mol. The number of hydrogen-bond donors (Lipinski definition) is 2. The van der Waals surface area contributed by atoms with Crippen LogP contribution in [0.4, 0.5) is 0 Å². The Balaban J connectivity index is 1.65. The van der Waals surface area contributed by atoms with Crippen molar-refractivity contribution in [2.45, 2.75) is 37.8 Å². The van der Waals surface area contributed by atoms with Gasteiger partial charge in [0.05, 0.1) is 12.1 Å². The minimum atomic E-state index is -0.0621. The maximum absolute atomic E-state index is 12.4. The normalized spacial score (nSPS) is 24.2. The van der Waals surface area contributed by atoms with E-state index in [4.69, 9.17) is 4.74 Å². The van der Waals surface area contributed by atoms with Gasteiger partial charge in [-0.15, -0.1) is 0 Å². The number of benzene rings is 1. The summed E-state index contributed by atoms with van der Waals surface area (Å²) in [5, 5.41) is 6.70. The van der Waals surface area contributed by atoms with Crippen molar-refractivity contribution >= 4 is 17.8 Å². The van der Waals surface area contributed by atoms with Gasteiger partial charge in [0.15, 0.2) is 5.96 Å². The molecule has 8 nitrogen and oxygen atoms in total. The number of likely N-dealkylation sites (tertiary alicyclic amines) is 1. The molecule has 0 saturated carbocycles. The number of nitrogens with zero attached hydrogens (tertiary/aromatic N) is 3. The lowest BCUT2D eigenvalue weighted by atomic mass is 9.94. The van der Waals surface area contributed by atoms with Crippen LogP contribution in [0, 0.1) is 5.92 Å². The molecule has 2 amide bonds. The zero-order valence-corrected chi connectivity index (χ0v) is 18.8. The van der Waals surface area contributed by atoms with Crippen LogP contribution in [0.2, 0.25) is 0 Å². The minimum absolute atomic E-state index is 0.0209. The van der Waals surface area contributed by atoms with Crippen molar-refractivity contribution in [3.63, 3.8) is 0 Å². The molecular weight excluding hydrogens is 394 g/mol. The predicted octanol–water partition coefficient (Wildman–Crippen LogP) is 1.40. The van der Waals surface area contributed by atoms with Crippen LogP contribution in [0.5, 0.6) is 0 Å². The van der Waals surface area contributed by atoms with Gasteiger partial charge in [0, 0.05) is 53.2 Å². The summed E-state index contributed by atoms with van der Waals surface area (Å²) in [6.45, 7) is 2.09. The standard InChI is InChI=1S/C23H35N5O3/c1-27(2)21(30)16-26-23(25-15-19-11-7-8-12-31-19)24-14-18-13-20(29)28(3)22(18)17-9-5-4-6-10-17/h4-6,9-10,18-19,22H,7-8,11-16H2,1-3H3,(H2,24,25,26). The third-order valence-electron chi connectivity index (χ3n) is 6.01. The second kappa shape index (κ2) is 11.1. The van der Waals surface area contributed by atoms with Gasteiger partial charge in [0.2, 0.25) is 11.8 Å². The van der Waals surface area contributed by atoms with Gasteiger partial charge in [0.25, 0.3) is 0 Å². The lowest BCUT2D eigenvalue weighted by Crippen LogP contribution is -2.45. The van der Waals surface area contributed by atoms with Crippen molar-refractivity contribution in [2.75, 3.05) is 47.4 Å². The molecule has 2 fully saturated rings. The molecule has 3 rings (SSSR count). The van der Waals surface area contributed by atoms with E-state index in [1.54, 1.807) is 14.1 Å². The highest BCUT2D eigenvalue weighted by Crippen LogP contribution is 2.36. The van der Waals surface area contributed by atoms with E-state index in [-0.39, 0.29) is 36.4 Å². The highest BCUT2D eigenvalue weighted by molar-refractivity contribution is 5.85. The average Bonchev–Trinajstić information content (AvgIpc) is 3.07. The number of rotatable bonds is 7. The molecule has 0 radical (unpaired) electrons. The Hall–Kier alpha value is -2.61. The molecule has 3 atom stereocenters. The number of carbonyl (C=O) groups is 2. The molecule has 1 aromatic rings. The van der Waals surface area contributed by atoms with Crippen LogP contribution < -0.4 is 10.6 Å². The lowest BCUT2D eigenvalue weighted by molar-refractivity contribution is -0.128. The molecule has 0 bridgehead atoms. The van der Waals surface area contributed by atoms with E-state index in [1.807, 2.05) is 30.1 Å². The number of ether oxygens (including phenoxy) is 1. The number of likely N-dealkylation sites (N-methyl/N-ethyl adjacent to an activating group) is 1. The monoisotopic (exact) mass is 429 g/mol. The molecule has 1 aromatic carbocycles. The Morgan fingerprint density at radius 3 is 2.61 bits per heavy atom. The van der Waals surface area contributed by atoms with Crippen LogP contribution in [0.3, 0.4) is 0 Å². The van der Waals surface area contributed by atoms with Crippen molar-refractivity contribution in [1.29, 1.82) is 0 Å². The summed E-state index contributed by atoms with van der Waals surface area (Å²) in [6.07, 6.45) is 3.94. The number of amides is 2. The quantitative estimate of drug-likeness (QED) is 0.505. The summed E-state index contributed by atoms with van der Waals surface area (Å²) in [7, 11) is 5.31. The predicted molar refractivity (Wildman–Crippen MR) is 121 cm³/mol. The van der Waals surface area contributed by atoms with E-state index in [1.165, 1.54) is 11.3 Å². The number of hydrogen-bond acceptors (Lipinski definition) is 4. The highest BCUT2D eigenvalue weighted by Gasteiger charge is 2.38. The summed E-state index contributed by atoms with van der Waals surface area (Å²) >= 11 is 0. The fourth-order valence-electron chi connectivity index (χ4n) is 4.15. The molecule has 2 saturated heterocycles. The Labute approximate surface area is 185 Å². The summed E-state index contributed by atoms with van der Waals surface area (Å²) < 4.78 is 5.80. The van der Waals surface area contributed by atoms with Gasteiger partial charge in [-0.25, -0.2) is 4.99 Å². The van der Waals surface area contributed by atoms with Gasteiger partial charge in [0.1, 0.15) is 6.54 Å². The molecule has 0 aromatic heterocycles. The first kappa shape index (κ1) is 23.1. The fraction of sp³-hybridized carbons (Fsp3) is 0.609. The summed E-state index contributed by atoms with van der Waals surface area (Å²) in [5.41, 5.74) is 1.13. The van der Waals surface area contributed by atoms with E-state index < -0.39 is 0 Å². The Kier molecular flexibility index (Phi) is 8.28. The van der Waals surface area contributed by atoms with Crippen LogP contribution in [-0.2, 0) is 14.3 Å². The maximum atomic E-state index is 12.4. The van der Waals surface area contributed by atoms with E-state index in [2.05, 4.69) is 27.8 Å². The van der Waals surface area contributed by atoms with E-state index >= 15 is 0 Å². The zero-order chi connectivity index (χ0) is 22.2. The Bertz CT molecular complexity index is 762.